The Hall–Kier alpha value is -3.27. The number of benzene rings is 2. The summed E-state index contributed by atoms with van der Waals surface area (Å²) >= 11 is 0. The van der Waals surface area contributed by atoms with E-state index in [4.69, 9.17) is 4.42 Å². The molecule has 0 bridgehead atoms. The van der Waals surface area contributed by atoms with Gasteiger partial charge in [-0.25, -0.2) is 0 Å². The van der Waals surface area contributed by atoms with Crippen molar-refractivity contribution in [2.24, 2.45) is 0 Å². The molecule has 1 aromatic heterocycles. The van der Waals surface area contributed by atoms with Crippen LogP contribution in [0.3, 0.4) is 0 Å². The van der Waals surface area contributed by atoms with Crippen LogP contribution in [0.1, 0.15) is 41.7 Å². The Labute approximate surface area is 164 Å². The molecule has 3 aromatic rings. The number of carbonyl (C=O) groups excluding carboxylic acids is 1. The molecule has 0 amide bonds. The minimum absolute atomic E-state index is 0.168. The van der Waals surface area contributed by atoms with Gasteiger partial charge >= 0.3 is 0 Å². The first-order valence-electron chi connectivity index (χ1n) is 9.68. The zero-order chi connectivity index (χ0) is 19.1. The number of nitrogens with one attached hydrogen (secondary N) is 2. The molecule has 2 aromatic carbocycles. The number of carbonyl (C=O) groups is 1. The summed E-state index contributed by atoms with van der Waals surface area (Å²) in [4.78, 5) is 13.3. The van der Waals surface area contributed by atoms with E-state index in [2.05, 4.69) is 47.9 Å². The highest BCUT2D eigenvalue weighted by atomic mass is 16.3. The minimum atomic E-state index is -0.287. The Morgan fingerprint density at radius 2 is 1.82 bits per heavy atom. The van der Waals surface area contributed by atoms with Crippen molar-refractivity contribution < 1.29 is 9.21 Å². The summed E-state index contributed by atoms with van der Waals surface area (Å²) in [5.74, 6) is 1.11. The number of aryl methyl sites for hydroxylation is 1. The summed E-state index contributed by atoms with van der Waals surface area (Å²) in [7, 11) is 0. The van der Waals surface area contributed by atoms with Gasteiger partial charge in [0.2, 0.25) is 0 Å². The van der Waals surface area contributed by atoms with Crippen LogP contribution in [-0.4, -0.2) is 5.78 Å². The Morgan fingerprint density at radius 3 is 2.61 bits per heavy atom. The maximum absolute atomic E-state index is 13.3. The van der Waals surface area contributed by atoms with Gasteiger partial charge in [-0.1, -0.05) is 36.4 Å². The largest absolute Gasteiger partial charge is 0.467 e. The van der Waals surface area contributed by atoms with E-state index < -0.39 is 0 Å². The molecule has 140 valence electrons. The molecule has 0 radical (unpaired) electrons. The van der Waals surface area contributed by atoms with Crippen LogP contribution in [0.25, 0.3) is 0 Å². The number of hydrogen-bond donors (Lipinski definition) is 2. The van der Waals surface area contributed by atoms with Crippen molar-refractivity contribution in [3.8, 4) is 0 Å². The van der Waals surface area contributed by atoms with Crippen LogP contribution in [0.4, 0.5) is 11.4 Å². The molecule has 2 atom stereocenters. The molecule has 0 fully saturated rings. The van der Waals surface area contributed by atoms with Gasteiger partial charge in [-0.15, -0.1) is 0 Å². The van der Waals surface area contributed by atoms with Crippen molar-refractivity contribution >= 4 is 17.2 Å². The van der Waals surface area contributed by atoms with E-state index in [1.807, 2.05) is 30.3 Å². The number of furan rings is 1. The lowest BCUT2D eigenvalue weighted by atomic mass is 9.79. The molecule has 0 unspecified atom stereocenters. The van der Waals surface area contributed by atoms with Crippen LogP contribution in [0.2, 0.25) is 0 Å². The number of allylic oxidation sites excluding steroid dienone is 1. The third-order valence-corrected chi connectivity index (χ3v) is 5.66. The number of fused-ring (bicyclic) bond motifs is 1. The van der Waals surface area contributed by atoms with Gasteiger partial charge < -0.3 is 15.1 Å². The van der Waals surface area contributed by atoms with Crippen LogP contribution in [0.15, 0.2) is 82.6 Å². The van der Waals surface area contributed by atoms with Gasteiger partial charge in [0, 0.05) is 17.7 Å². The van der Waals surface area contributed by atoms with E-state index in [9.17, 15) is 4.79 Å². The molecule has 1 aliphatic heterocycles. The molecule has 0 spiro atoms. The molecule has 5 rings (SSSR count). The molecule has 1 aliphatic carbocycles. The van der Waals surface area contributed by atoms with Crippen molar-refractivity contribution in [2.45, 2.75) is 31.7 Å². The van der Waals surface area contributed by atoms with Crippen LogP contribution in [-0.2, 0) is 4.79 Å². The van der Waals surface area contributed by atoms with Gasteiger partial charge in [0.05, 0.1) is 17.6 Å². The fraction of sp³-hybridized carbons (Fsp3) is 0.208. The lowest BCUT2D eigenvalue weighted by Crippen LogP contribution is -2.26. The van der Waals surface area contributed by atoms with Crippen molar-refractivity contribution in [2.75, 3.05) is 10.6 Å². The highest BCUT2D eigenvalue weighted by molar-refractivity contribution is 6.01. The molecular formula is C24H22N2O2. The third kappa shape index (κ3) is 2.91. The number of anilines is 2. The average Bonchev–Trinajstić information content (AvgIpc) is 3.18. The Balaban J connectivity index is 1.61. The SMILES string of the molecule is Cc1ccc2c(c1)N[C@H](c1ccco1)C1=C(C[C@@H](c3ccccc3)CC1=O)N2. The lowest BCUT2D eigenvalue weighted by molar-refractivity contribution is -0.116. The molecule has 0 saturated heterocycles. The van der Waals surface area contributed by atoms with Crippen molar-refractivity contribution in [1.82, 2.24) is 0 Å². The van der Waals surface area contributed by atoms with Gasteiger partial charge in [0.25, 0.3) is 0 Å². The summed E-state index contributed by atoms with van der Waals surface area (Å²) in [6, 6.07) is 20.1. The van der Waals surface area contributed by atoms with E-state index >= 15 is 0 Å². The molecule has 4 nitrogen and oxygen atoms in total. The van der Waals surface area contributed by atoms with Crippen LogP contribution in [0.5, 0.6) is 0 Å². The maximum Gasteiger partial charge on any atom is 0.163 e. The fourth-order valence-electron chi connectivity index (χ4n) is 4.29. The van der Waals surface area contributed by atoms with Crippen LogP contribution in [0, 0.1) is 6.92 Å². The Kier molecular flexibility index (Phi) is 4.05. The topological polar surface area (TPSA) is 54.3 Å². The van der Waals surface area contributed by atoms with Gasteiger partial charge in [0.1, 0.15) is 11.8 Å². The molecule has 2 heterocycles. The van der Waals surface area contributed by atoms with Crippen LogP contribution < -0.4 is 10.6 Å². The van der Waals surface area contributed by atoms with Gasteiger partial charge in [0.15, 0.2) is 5.78 Å². The first-order chi connectivity index (χ1) is 13.7. The summed E-state index contributed by atoms with van der Waals surface area (Å²) in [6.45, 7) is 2.07. The summed E-state index contributed by atoms with van der Waals surface area (Å²) in [6.07, 6.45) is 2.98. The van der Waals surface area contributed by atoms with E-state index in [1.165, 1.54) is 11.1 Å². The molecule has 2 aliphatic rings. The summed E-state index contributed by atoms with van der Waals surface area (Å²) < 4.78 is 5.71. The standard InChI is InChI=1S/C24H22N2O2/c1-15-9-10-18-19(12-15)26-24(22-8-5-11-28-22)23-20(25-18)13-17(14-21(23)27)16-6-3-2-4-7-16/h2-12,17,24-26H,13-14H2,1H3/t17-,24-/m1/s1. The quantitative estimate of drug-likeness (QED) is 0.619. The number of rotatable bonds is 2. The van der Waals surface area contributed by atoms with Crippen LogP contribution >= 0.6 is 0 Å². The van der Waals surface area contributed by atoms with Crippen molar-refractivity contribution in [3.63, 3.8) is 0 Å². The second kappa shape index (κ2) is 6.71. The monoisotopic (exact) mass is 370 g/mol. The van der Waals surface area contributed by atoms with E-state index in [1.54, 1.807) is 6.26 Å². The molecule has 0 saturated carbocycles. The maximum atomic E-state index is 13.3. The number of ketones is 1. The fourth-order valence-corrected chi connectivity index (χ4v) is 4.29. The van der Waals surface area contributed by atoms with Gasteiger partial charge in [-0.3, -0.25) is 4.79 Å². The molecular weight excluding hydrogens is 348 g/mol. The summed E-state index contributed by atoms with van der Waals surface area (Å²) in [5, 5.41) is 7.12. The van der Waals surface area contributed by atoms with E-state index in [0.29, 0.717) is 6.42 Å². The van der Waals surface area contributed by atoms with Gasteiger partial charge in [-0.2, -0.15) is 0 Å². The molecule has 2 N–H and O–H groups in total. The third-order valence-electron chi connectivity index (χ3n) is 5.66. The normalized spacial score (nSPS) is 21.2. The second-order valence-corrected chi connectivity index (χ2v) is 7.60. The van der Waals surface area contributed by atoms with Crippen molar-refractivity contribution in [3.05, 3.63) is 95.1 Å². The van der Waals surface area contributed by atoms with E-state index in [-0.39, 0.29) is 17.7 Å². The van der Waals surface area contributed by atoms with E-state index in [0.717, 1.165) is 34.8 Å². The molecule has 28 heavy (non-hydrogen) atoms. The smallest absolute Gasteiger partial charge is 0.163 e. The Morgan fingerprint density at radius 1 is 0.964 bits per heavy atom. The first-order valence-corrected chi connectivity index (χ1v) is 9.68. The predicted octanol–water partition coefficient (Wildman–Crippen LogP) is 5.57. The van der Waals surface area contributed by atoms with Crippen molar-refractivity contribution in [1.29, 1.82) is 0 Å². The minimum Gasteiger partial charge on any atom is -0.467 e. The first kappa shape index (κ1) is 16.9. The summed E-state index contributed by atoms with van der Waals surface area (Å²) in [5.41, 5.74) is 6.13. The highest BCUT2D eigenvalue weighted by Gasteiger charge is 2.37. The second-order valence-electron chi connectivity index (χ2n) is 7.60. The zero-order valence-electron chi connectivity index (χ0n) is 15.7. The zero-order valence-corrected chi connectivity index (χ0v) is 15.7. The lowest BCUT2D eigenvalue weighted by Gasteiger charge is -2.29. The predicted molar refractivity (Wildman–Crippen MR) is 110 cm³/mol. The Bertz CT molecular complexity index is 1050. The van der Waals surface area contributed by atoms with Gasteiger partial charge in [-0.05, 0) is 54.7 Å². The molecule has 4 heteroatoms. The number of hydrogen-bond acceptors (Lipinski definition) is 4. The number of Topliss-reactive ketones (excluding diaryl/α,β-unsaturated/α-hetero) is 1. The average molecular weight is 370 g/mol. The highest BCUT2D eigenvalue weighted by Crippen LogP contribution is 2.44.